The number of carbonyl (C=O) groups is 2. The highest BCUT2D eigenvalue weighted by Crippen LogP contribution is 2.40. The molecule has 1 atom stereocenters. The number of benzene rings is 2. The van der Waals surface area contributed by atoms with Crippen molar-refractivity contribution in [2.75, 3.05) is 25.1 Å². The number of esters is 1. The molecule has 148 valence electrons. The molecule has 1 aliphatic rings. The van der Waals surface area contributed by atoms with Crippen molar-refractivity contribution in [1.82, 2.24) is 4.90 Å². The largest absolute Gasteiger partial charge is 0.482 e. The van der Waals surface area contributed by atoms with E-state index < -0.39 is 5.97 Å². The van der Waals surface area contributed by atoms with Crippen molar-refractivity contribution in [3.8, 4) is 5.75 Å². The maximum atomic E-state index is 12.6. The highest BCUT2D eigenvalue weighted by atomic mass is 79.9. The minimum atomic E-state index is -0.444. The van der Waals surface area contributed by atoms with Crippen molar-refractivity contribution in [3.63, 3.8) is 0 Å². The third-order valence-electron chi connectivity index (χ3n) is 4.64. The number of halogens is 2. The number of hydrogen-bond acceptors (Lipinski definition) is 4. The van der Waals surface area contributed by atoms with Crippen LogP contribution in [0, 0.1) is 0 Å². The first-order valence-corrected chi connectivity index (χ1v) is 10.6. The number of ether oxygens (including phenoxy) is 2. The molecule has 0 aromatic heterocycles. The molecule has 2 aromatic rings. The molecule has 0 N–H and O–H groups in total. The zero-order valence-corrected chi connectivity index (χ0v) is 17.8. The van der Waals surface area contributed by atoms with Gasteiger partial charge in [-0.15, -0.1) is 0 Å². The summed E-state index contributed by atoms with van der Waals surface area (Å²) in [4.78, 5) is 26.2. The fourth-order valence-electron chi connectivity index (χ4n) is 3.45. The highest BCUT2D eigenvalue weighted by molar-refractivity contribution is 9.09. The van der Waals surface area contributed by atoms with Crippen molar-refractivity contribution in [3.05, 3.63) is 64.2 Å². The monoisotopic (exact) mass is 465 g/mol. The van der Waals surface area contributed by atoms with Crippen LogP contribution in [0.2, 0.25) is 5.02 Å². The Morgan fingerprint density at radius 3 is 2.75 bits per heavy atom. The summed E-state index contributed by atoms with van der Waals surface area (Å²) in [7, 11) is 0. The molecule has 1 aliphatic heterocycles. The van der Waals surface area contributed by atoms with E-state index in [0.29, 0.717) is 23.9 Å². The zero-order chi connectivity index (χ0) is 20.1. The third kappa shape index (κ3) is 4.50. The Labute approximate surface area is 177 Å². The van der Waals surface area contributed by atoms with E-state index in [-0.39, 0.29) is 23.9 Å². The lowest BCUT2D eigenvalue weighted by Crippen LogP contribution is -2.41. The Morgan fingerprint density at radius 1 is 1.21 bits per heavy atom. The molecule has 1 amide bonds. The van der Waals surface area contributed by atoms with Crippen LogP contribution in [0.1, 0.15) is 29.7 Å². The Bertz CT molecular complexity index is 873. The molecular formula is C21H21BrClNO4. The number of alkyl halides is 1. The number of rotatable bonds is 6. The minimum absolute atomic E-state index is 0.0178. The number of carbonyl (C=O) groups excluding carboxylic acids is 2. The average molecular weight is 467 g/mol. The molecule has 1 heterocycles. The summed E-state index contributed by atoms with van der Waals surface area (Å²) >= 11 is 9.56. The fraction of sp³-hybridized carbons (Fsp3) is 0.333. The molecule has 3 rings (SSSR count). The first-order valence-electron chi connectivity index (χ1n) is 9.06. The number of nitrogens with zero attached hydrogens (tertiary/aromatic N) is 1. The maximum Gasteiger partial charge on any atom is 0.344 e. The van der Waals surface area contributed by atoms with Crippen LogP contribution < -0.4 is 4.74 Å². The summed E-state index contributed by atoms with van der Waals surface area (Å²) in [5, 5.41) is 0.762. The van der Waals surface area contributed by atoms with Gasteiger partial charge >= 0.3 is 5.97 Å². The summed E-state index contributed by atoms with van der Waals surface area (Å²) < 4.78 is 10.7. The normalized spacial score (nSPS) is 15.7. The van der Waals surface area contributed by atoms with Gasteiger partial charge in [0, 0.05) is 17.1 Å². The summed E-state index contributed by atoms with van der Waals surface area (Å²) in [6, 6.07) is 12.9. The highest BCUT2D eigenvalue weighted by Gasteiger charge is 2.33. The predicted molar refractivity (Wildman–Crippen MR) is 111 cm³/mol. The lowest BCUT2D eigenvalue weighted by molar-refractivity contribution is -0.145. The molecule has 0 saturated carbocycles. The van der Waals surface area contributed by atoms with Gasteiger partial charge in [-0.05, 0) is 42.7 Å². The van der Waals surface area contributed by atoms with Gasteiger partial charge in [0.15, 0.2) is 6.61 Å². The van der Waals surface area contributed by atoms with E-state index in [2.05, 4.69) is 22.0 Å². The van der Waals surface area contributed by atoms with Gasteiger partial charge in [-0.3, -0.25) is 4.79 Å². The van der Waals surface area contributed by atoms with Gasteiger partial charge in [0.25, 0.3) is 0 Å². The average Bonchev–Trinajstić information content (AvgIpc) is 2.71. The zero-order valence-electron chi connectivity index (χ0n) is 15.5. The summed E-state index contributed by atoms with van der Waals surface area (Å²) in [6.07, 6.45) is 0.783. The molecule has 1 unspecified atom stereocenters. The quantitative estimate of drug-likeness (QED) is 0.474. The molecule has 0 spiro atoms. The Balaban J connectivity index is 2.04. The second-order valence-corrected chi connectivity index (χ2v) is 7.35. The molecule has 28 heavy (non-hydrogen) atoms. The van der Waals surface area contributed by atoms with E-state index in [9.17, 15) is 9.59 Å². The van der Waals surface area contributed by atoms with Gasteiger partial charge in [-0.1, -0.05) is 51.8 Å². The molecule has 5 nitrogen and oxygen atoms in total. The van der Waals surface area contributed by atoms with Crippen LogP contribution in [0.4, 0.5) is 0 Å². The van der Waals surface area contributed by atoms with Crippen LogP contribution in [0.3, 0.4) is 0 Å². The van der Waals surface area contributed by atoms with E-state index in [4.69, 9.17) is 21.1 Å². The predicted octanol–water partition coefficient (Wildman–Crippen LogP) is 4.15. The van der Waals surface area contributed by atoms with Crippen LogP contribution in [-0.2, 0) is 20.7 Å². The molecule has 0 aliphatic carbocycles. The topological polar surface area (TPSA) is 55.8 Å². The van der Waals surface area contributed by atoms with Gasteiger partial charge in [0.2, 0.25) is 5.91 Å². The first kappa shape index (κ1) is 20.7. The lowest BCUT2D eigenvalue weighted by Gasteiger charge is -2.38. The van der Waals surface area contributed by atoms with Crippen molar-refractivity contribution in [2.24, 2.45) is 0 Å². The molecule has 2 aromatic carbocycles. The second-order valence-electron chi connectivity index (χ2n) is 6.35. The summed E-state index contributed by atoms with van der Waals surface area (Å²) in [6.45, 7) is 2.42. The first-order chi connectivity index (χ1) is 13.5. The van der Waals surface area contributed by atoms with E-state index >= 15 is 0 Å². The molecular weight excluding hydrogens is 446 g/mol. The third-order valence-corrected chi connectivity index (χ3v) is 5.35. The molecule has 0 saturated heterocycles. The van der Waals surface area contributed by atoms with Gasteiger partial charge in [0.1, 0.15) is 5.75 Å². The number of hydrogen-bond donors (Lipinski definition) is 0. The Kier molecular flexibility index (Phi) is 6.97. The van der Waals surface area contributed by atoms with Crippen molar-refractivity contribution in [2.45, 2.75) is 19.4 Å². The molecule has 7 heteroatoms. The fourth-order valence-corrected chi connectivity index (χ4v) is 3.95. The van der Waals surface area contributed by atoms with Crippen molar-refractivity contribution >= 4 is 39.4 Å². The molecule has 0 bridgehead atoms. The number of fused-ring (bicyclic) bond motifs is 1. The number of amides is 1. The summed E-state index contributed by atoms with van der Waals surface area (Å²) in [5.41, 5.74) is 2.96. The summed E-state index contributed by atoms with van der Waals surface area (Å²) in [5.74, 6) is 0.0446. The molecule has 0 fully saturated rings. The van der Waals surface area contributed by atoms with Gasteiger partial charge in [0.05, 0.1) is 18.0 Å². The SMILES string of the molecule is CCOC(=O)COc1ccc(Cl)cc1C1c2ccccc2CCN1C(=O)CBr. The molecule has 0 radical (unpaired) electrons. The van der Waals surface area contributed by atoms with Crippen LogP contribution in [0.5, 0.6) is 5.75 Å². The van der Waals surface area contributed by atoms with Gasteiger partial charge in [-0.25, -0.2) is 4.79 Å². The van der Waals surface area contributed by atoms with E-state index in [1.54, 1.807) is 25.1 Å². The Morgan fingerprint density at radius 2 is 2.00 bits per heavy atom. The standard InChI is InChI=1S/C21H21BrClNO4/c1-2-27-20(26)13-28-18-8-7-15(23)11-17(18)21-16-6-4-3-5-14(16)9-10-24(21)19(25)12-22/h3-8,11,21H,2,9-10,12-13H2,1H3. The van der Waals surface area contributed by atoms with Crippen LogP contribution in [0.15, 0.2) is 42.5 Å². The van der Waals surface area contributed by atoms with Crippen molar-refractivity contribution in [1.29, 1.82) is 0 Å². The van der Waals surface area contributed by atoms with E-state index in [0.717, 1.165) is 17.5 Å². The smallest absolute Gasteiger partial charge is 0.344 e. The lowest BCUT2D eigenvalue weighted by atomic mass is 9.87. The maximum absolute atomic E-state index is 12.6. The Hall–Kier alpha value is -2.05. The van der Waals surface area contributed by atoms with Crippen LogP contribution in [-0.4, -0.2) is 41.9 Å². The van der Waals surface area contributed by atoms with E-state index in [1.165, 1.54) is 5.56 Å². The van der Waals surface area contributed by atoms with Gasteiger partial charge in [-0.2, -0.15) is 0 Å². The second kappa shape index (κ2) is 9.43. The van der Waals surface area contributed by atoms with E-state index in [1.807, 2.05) is 23.1 Å². The van der Waals surface area contributed by atoms with Crippen molar-refractivity contribution < 1.29 is 19.1 Å². The van der Waals surface area contributed by atoms with Crippen LogP contribution in [0.25, 0.3) is 0 Å². The minimum Gasteiger partial charge on any atom is -0.482 e. The van der Waals surface area contributed by atoms with Gasteiger partial charge < -0.3 is 14.4 Å². The van der Waals surface area contributed by atoms with Crippen LogP contribution >= 0.6 is 27.5 Å².